The van der Waals surface area contributed by atoms with Gasteiger partial charge >= 0.3 is 5.97 Å². The van der Waals surface area contributed by atoms with Crippen molar-refractivity contribution in [2.75, 3.05) is 0 Å². The van der Waals surface area contributed by atoms with Crippen molar-refractivity contribution in [3.8, 4) is 0 Å². The first-order valence-electron chi connectivity index (χ1n) is 14.0. The molecule has 7 heteroatoms. The molecule has 0 aromatic rings. The molecule has 0 bridgehead atoms. The van der Waals surface area contributed by atoms with Gasteiger partial charge in [-0.05, 0) is 104 Å². The Hall–Kier alpha value is -1.47. The van der Waals surface area contributed by atoms with Crippen LogP contribution in [-0.2, 0) is 19.2 Å². The molecule has 5 aliphatic rings. The van der Waals surface area contributed by atoms with Gasteiger partial charge in [0.1, 0.15) is 0 Å². The summed E-state index contributed by atoms with van der Waals surface area (Å²) >= 11 is 0. The van der Waals surface area contributed by atoms with Crippen LogP contribution in [0, 0.1) is 46.3 Å². The largest absolute Gasteiger partial charge is 0.393 e. The van der Waals surface area contributed by atoms with Crippen molar-refractivity contribution in [3.05, 3.63) is 0 Å². The van der Waals surface area contributed by atoms with Gasteiger partial charge in [0.2, 0.25) is 0 Å². The van der Waals surface area contributed by atoms with E-state index < -0.39 is 17.8 Å². The highest BCUT2D eigenvalue weighted by molar-refractivity contribution is 6.01. The summed E-state index contributed by atoms with van der Waals surface area (Å²) in [7, 11) is 0. The zero-order valence-corrected chi connectivity index (χ0v) is 21.6. The van der Waals surface area contributed by atoms with Gasteiger partial charge in [0, 0.05) is 19.3 Å². The Morgan fingerprint density at radius 1 is 1.00 bits per heavy atom. The van der Waals surface area contributed by atoms with Gasteiger partial charge in [0.15, 0.2) is 0 Å². The third-order valence-electron chi connectivity index (χ3n) is 11.4. The van der Waals surface area contributed by atoms with Gasteiger partial charge in [-0.15, -0.1) is 5.06 Å². The lowest BCUT2D eigenvalue weighted by atomic mass is 9.43. The first-order chi connectivity index (χ1) is 16.5. The van der Waals surface area contributed by atoms with Crippen LogP contribution < -0.4 is 0 Å². The minimum Gasteiger partial charge on any atom is -0.393 e. The third kappa shape index (κ3) is 4.14. The lowest BCUT2D eigenvalue weighted by Crippen LogP contribution is -2.58. The number of hydrogen-bond donors (Lipinski definition) is 2. The summed E-state index contributed by atoms with van der Waals surface area (Å²) in [6, 6.07) is 0. The topological polar surface area (TPSA) is 104 Å². The zero-order chi connectivity index (χ0) is 25.1. The number of imide groups is 1. The number of amides is 2. The van der Waals surface area contributed by atoms with E-state index in [-0.39, 0.29) is 42.3 Å². The minimum atomic E-state index is -0.509. The van der Waals surface area contributed by atoms with Gasteiger partial charge in [-0.2, -0.15) is 0 Å². The summed E-state index contributed by atoms with van der Waals surface area (Å²) in [5.74, 6) is 1.21. The van der Waals surface area contributed by atoms with E-state index in [9.17, 15) is 24.6 Å². The molecule has 2 amide bonds. The highest BCUT2D eigenvalue weighted by atomic mass is 16.7. The first-order valence-corrected chi connectivity index (χ1v) is 14.0. The second-order valence-electron chi connectivity index (χ2n) is 13.0. The van der Waals surface area contributed by atoms with Crippen molar-refractivity contribution < 1.29 is 29.4 Å². The summed E-state index contributed by atoms with van der Waals surface area (Å²) in [6.45, 7) is 7.08. The van der Waals surface area contributed by atoms with Gasteiger partial charge < -0.3 is 15.1 Å². The molecule has 0 aromatic heterocycles. The number of carbonyl (C=O) groups is 3. The molecule has 2 N–H and O–H groups in total. The van der Waals surface area contributed by atoms with E-state index in [0.717, 1.165) is 51.4 Å². The van der Waals surface area contributed by atoms with Crippen LogP contribution in [0.3, 0.4) is 0 Å². The number of fused-ring (bicyclic) bond motifs is 5. The lowest BCUT2D eigenvalue weighted by Gasteiger charge is -2.62. The molecule has 5 rings (SSSR count). The second-order valence-corrected chi connectivity index (χ2v) is 13.0. The van der Waals surface area contributed by atoms with Gasteiger partial charge in [-0.1, -0.05) is 20.8 Å². The fraction of sp³-hybridized carbons (Fsp3) is 0.893. The summed E-state index contributed by atoms with van der Waals surface area (Å²) in [5, 5.41) is 22.3. The molecule has 196 valence electrons. The number of rotatable bonds is 5. The summed E-state index contributed by atoms with van der Waals surface area (Å²) in [5.41, 5.74) is 0.381. The highest BCUT2D eigenvalue weighted by Crippen LogP contribution is 2.68. The number of nitrogens with zero attached hydrogens (tertiary/aromatic N) is 1. The highest BCUT2D eigenvalue weighted by Gasteiger charge is 2.62. The number of hydroxylamine groups is 2. The molecule has 0 radical (unpaired) electrons. The molecule has 7 nitrogen and oxygen atoms in total. The Kier molecular flexibility index (Phi) is 6.57. The number of aliphatic hydroxyl groups excluding tert-OH is 2. The molecule has 1 heterocycles. The summed E-state index contributed by atoms with van der Waals surface area (Å²) in [4.78, 5) is 40.9. The first kappa shape index (κ1) is 25.2. The van der Waals surface area contributed by atoms with Crippen molar-refractivity contribution in [2.24, 2.45) is 46.3 Å². The smallest absolute Gasteiger partial charge is 0.333 e. The van der Waals surface area contributed by atoms with E-state index >= 15 is 0 Å². The van der Waals surface area contributed by atoms with Crippen molar-refractivity contribution in [1.29, 1.82) is 0 Å². The predicted molar refractivity (Wildman–Crippen MR) is 128 cm³/mol. The standard InChI is InChI=1S/C28H43NO6/c1-16(4-9-25(34)35-29-23(32)7-8-24(29)33)19-5-6-20-26-21(11-13-28(19,20)3)27(2)12-10-18(30)14-17(27)15-22(26)31/h16-22,26,30-31H,4-15H2,1-3H3/t16-,17-,18-,19?,20+,21?,22+,26+,27?,28?/m1/s1. The van der Waals surface area contributed by atoms with Crippen molar-refractivity contribution in [2.45, 2.75) is 110 Å². The monoisotopic (exact) mass is 489 g/mol. The Labute approximate surface area is 208 Å². The predicted octanol–water partition coefficient (Wildman–Crippen LogP) is 4.00. The van der Waals surface area contributed by atoms with Crippen LogP contribution in [0.15, 0.2) is 0 Å². The molecule has 1 saturated heterocycles. The fourth-order valence-corrected chi connectivity index (χ4v) is 9.53. The van der Waals surface area contributed by atoms with Crippen molar-refractivity contribution in [1.82, 2.24) is 5.06 Å². The summed E-state index contributed by atoms with van der Waals surface area (Å²) in [6.07, 6.45) is 8.77. The van der Waals surface area contributed by atoms with Crippen LogP contribution in [0.1, 0.15) is 97.8 Å². The van der Waals surface area contributed by atoms with E-state index in [1.165, 1.54) is 0 Å². The fourth-order valence-electron chi connectivity index (χ4n) is 9.53. The van der Waals surface area contributed by atoms with Gasteiger partial charge in [-0.3, -0.25) is 9.59 Å². The number of carbonyl (C=O) groups excluding carboxylic acids is 3. The Morgan fingerprint density at radius 2 is 1.66 bits per heavy atom. The van der Waals surface area contributed by atoms with Crippen LogP contribution in [0.25, 0.3) is 0 Å². The Bertz CT molecular complexity index is 860. The molecular formula is C28H43NO6. The van der Waals surface area contributed by atoms with Crippen molar-refractivity contribution in [3.63, 3.8) is 0 Å². The normalized spacial score (nSPS) is 46.1. The molecule has 10 atom stereocenters. The quantitative estimate of drug-likeness (QED) is 0.566. The number of aliphatic hydroxyl groups is 2. The SMILES string of the molecule is C[C@H](CCC(=O)ON1C(=O)CCC1=O)C1CC[C@H]2[C@H]3C(CCC12C)C1(C)CC[C@@H](O)C[C@@H]1C[C@@H]3O. The second kappa shape index (κ2) is 9.13. The van der Waals surface area contributed by atoms with Crippen molar-refractivity contribution >= 4 is 17.8 Å². The van der Waals surface area contributed by atoms with E-state index in [1.807, 2.05) is 0 Å². The summed E-state index contributed by atoms with van der Waals surface area (Å²) < 4.78 is 0. The van der Waals surface area contributed by atoms with Gasteiger partial charge in [0.05, 0.1) is 12.2 Å². The molecule has 1 aliphatic heterocycles. The number of hydrogen-bond acceptors (Lipinski definition) is 6. The Balaban J connectivity index is 1.23. The third-order valence-corrected chi connectivity index (χ3v) is 11.4. The maximum atomic E-state index is 12.4. The molecule has 4 unspecified atom stereocenters. The van der Waals surface area contributed by atoms with Crippen LogP contribution in [0.5, 0.6) is 0 Å². The molecule has 0 aromatic carbocycles. The zero-order valence-electron chi connectivity index (χ0n) is 21.6. The van der Waals surface area contributed by atoms with E-state index in [1.54, 1.807) is 0 Å². The van der Waals surface area contributed by atoms with Crippen LogP contribution in [0.4, 0.5) is 0 Å². The van der Waals surface area contributed by atoms with Gasteiger partial charge in [-0.25, -0.2) is 4.79 Å². The van der Waals surface area contributed by atoms with Crippen LogP contribution >= 0.6 is 0 Å². The van der Waals surface area contributed by atoms with Gasteiger partial charge in [0.25, 0.3) is 11.8 Å². The van der Waals surface area contributed by atoms with Crippen LogP contribution in [-0.4, -0.2) is 45.3 Å². The van der Waals surface area contributed by atoms with E-state index in [4.69, 9.17) is 4.84 Å². The molecule has 5 fully saturated rings. The van der Waals surface area contributed by atoms with E-state index in [0.29, 0.717) is 47.0 Å². The molecule has 35 heavy (non-hydrogen) atoms. The molecule has 4 saturated carbocycles. The Morgan fingerprint density at radius 3 is 2.37 bits per heavy atom. The maximum absolute atomic E-state index is 12.4. The van der Waals surface area contributed by atoms with E-state index in [2.05, 4.69) is 20.8 Å². The maximum Gasteiger partial charge on any atom is 0.333 e. The average Bonchev–Trinajstić information content (AvgIpc) is 3.32. The molecule has 4 aliphatic carbocycles. The average molecular weight is 490 g/mol. The van der Waals surface area contributed by atoms with Crippen LogP contribution in [0.2, 0.25) is 0 Å². The lowest BCUT2D eigenvalue weighted by molar-refractivity contribution is -0.197. The molecular weight excluding hydrogens is 446 g/mol. The molecule has 0 spiro atoms. The minimum absolute atomic E-state index is 0.110.